The lowest BCUT2D eigenvalue weighted by Crippen LogP contribution is -2.47. The maximum absolute atomic E-state index is 12.6. The molecule has 2 aliphatic heterocycles. The minimum Gasteiger partial charge on any atom is -0.373 e. The third kappa shape index (κ3) is 3.22. The van der Waals surface area contributed by atoms with Gasteiger partial charge in [0.05, 0.1) is 24.8 Å². The van der Waals surface area contributed by atoms with Crippen molar-refractivity contribution in [1.82, 2.24) is 29.9 Å². The van der Waals surface area contributed by atoms with Gasteiger partial charge in [-0.3, -0.25) is 4.79 Å². The van der Waals surface area contributed by atoms with Gasteiger partial charge in [0.1, 0.15) is 6.33 Å². The standard InChI is InChI=1S/C18H21N7O2S/c26-18(13-3-8-28-11-13)24-6-7-27-14(9-24)10-25-17-15(21-22-25)16(19-12-20-17)23-4-1-2-5-23/h3,8,11-12,14H,1-2,4-7,9-10H2. The molecule has 2 saturated heterocycles. The van der Waals surface area contributed by atoms with E-state index in [9.17, 15) is 4.79 Å². The van der Waals surface area contributed by atoms with Gasteiger partial charge in [-0.2, -0.15) is 11.3 Å². The van der Waals surface area contributed by atoms with E-state index in [1.165, 1.54) is 24.2 Å². The summed E-state index contributed by atoms with van der Waals surface area (Å²) in [5.41, 5.74) is 2.17. The Morgan fingerprint density at radius 1 is 1.25 bits per heavy atom. The predicted molar refractivity (Wildman–Crippen MR) is 105 cm³/mol. The first-order valence-corrected chi connectivity index (χ1v) is 10.5. The minimum atomic E-state index is -0.147. The highest BCUT2D eigenvalue weighted by Gasteiger charge is 2.27. The first-order valence-electron chi connectivity index (χ1n) is 9.52. The Morgan fingerprint density at radius 3 is 2.96 bits per heavy atom. The van der Waals surface area contributed by atoms with Crippen molar-refractivity contribution in [2.75, 3.05) is 37.7 Å². The van der Waals surface area contributed by atoms with Gasteiger partial charge in [-0.1, -0.05) is 5.21 Å². The zero-order chi connectivity index (χ0) is 18.9. The minimum absolute atomic E-state index is 0.0524. The molecular formula is C18H21N7O2S. The van der Waals surface area contributed by atoms with Crippen LogP contribution in [-0.4, -0.2) is 74.7 Å². The lowest BCUT2D eigenvalue weighted by Gasteiger charge is -2.32. The number of morpholine rings is 1. The molecule has 0 spiro atoms. The van der Waals surface area contributed by atoms with E-state index in [0.29, 0.717) is 31.9 Å². The number of thiophene rings is 1. The lowest BCUT2D eigenvalue weighted by atomic mass is 10.2. The fourth-order valence-electron chi connectivity index (χ4n) is 3.84. The number of amides is 1. The van der Waals surface area contributed by atoms with Crippen LogP contribution in [0.3, 0.4) is 0 Å². The Balaban J connectivity index is 1.34. The van der Waals surface area contributed by atoms with Crippen LogP contribution >= 0.6 is 11.3 Å². The number of ether oxygens (including phenoxy) is 1. The second kappa shape index (κ2) is 7.44. The molecule has 2 aliphatic rings. The number of fused-ring (bicyclic) bond motifs is 1. The molecule has 5 heterocycles. The van der Waals surface area contributed by atoms with E-state index >= 15 is 0 Å². The molecule has 1 unspecified atom stereocenters. The average molecular weight is 399 g/mol. The molecule has 146 valence electrons. The summed E-state index contributed by atoms with van der Waals surface area (Å²) in [7, 11) is 0. The first-order chi connectivity index (χ1) is 13.8. The van der Waals surface area contributed by atoms with Crippen molar-refractivity contribution in [2.24, 2.45) is 0 Å². The molecule has 0 saturated carbocycles. The fraction of sp³-hybridized carbons (Fsp3) is 0.500. The number of carbonyl (C=O) groups excluding carboxylic acids is 1. The molecule has 0 aliphatic carbocycles. The molecular weight excluding hydrogens is 378 g/mol. The molecule has 3 aromatic rings. The highest BCUT2D eigenvalue weighted by Crippen LogP contribution is 2.24. The van der Waals surface area contributed by atoms with Crippen molar-refractivity contribution >= 4 is 34.2 Å². The van der Waals surface area contributed by atoms with Crippen LogP contribution in [0.25, 0.3) is 11.2 Å². The molecule has 10 heteroatoms. The van der Waals surface area contributed by atoms with Crippen molar-refractivity contribution in [3.05, 3.63) is 28.7 Å². The summed E-state index contributed by atoms with van der Waals surface area (Å²) in [6.07, 6.45) is 3.77. The zero-order valence-corrected chi connectivity index (χ0v) is 16.2. The first kappa shape index (κ1) is 17.5. The monoisotopic (exact) mass is 399 g/mol. The highest BCUT2D eigenvalue weighted by atomic mass is 32.1. The van der Waals surface area contributed by atoms with Crippen molar-refractivity contribution in [3.8, 4) is 0 Å². The van der Waals surface area contributed by atoms with Crippen LogP contribution in [0.1, 0.15) is 23.2 Å². The number of anilines is 1. The van der Waals surface area contributed by atoms with Crippen LogP contribution in [0.5, 0.6) is 0 Å². The largest absolute Gasteiger partial charge is 0.373 e. The van der Waals surface area contributed by atoms with Gasteiger partial charge >= 0.3 is 0 Å². The van der Waals surface area contributed by atoms with Crippen LogP contribution in [0, 0.1) is 0 Å². The maximum atomic E-state index is 12.6. The Bertz CT molecular complexity index is 968. The van der Waals surface area contributed by atoms with Gasteiger partial charge in [0.15, 0.2) is 17.0 Å². The molecule has 28 heavy (non-hydrogen) atoms. The number of aromatic nitrogens is 5. The molecule has 1 amide bonds. The normalized spacial score (nSPS) is 20.2. The second-order valence-corrected chi connectivity index (χ2v) is 7.87. The third-order valence-corrected chi connectivity index (χ3v) is 5.94. The zero-order valence-electron chi connectivity index (χ0n) is 15.4. The molecule has 0 N–H and O–H groups in total. The van der Waals surface area contributed by atoms with Crippen LogP contribution < -0.4 is 4.90 Å². The van der Waals surface area contributed by atoms with Crippen molar-refractivity contribution < 1.29 is 9.53 Å². The van der Waals surface area contributed by atoms with Gasteiger partial charge in [0, 0.05) is 31.6 Å². The van der Waals surface area contributed by atoms with E-state index in [4.69, 9.17) is 4.74 Å². The molecule has 9 nitrogen and oxygen atoms in total. The summed E-state index contributed by atoms with van der Waals surface area (Å²) in [5.74, 6) is 0.907. The second-order valence-electron chi connectivity index (χ2n) is 7.09. The Kier molecular flexibility index (Phi) is 4.65. The van der Waals surface area contributed by atoms with Gasteiger partial charge in [0.25, 0.3) is 5.91 Å². The van der Waals surface area contributed by atoms with E-state index in [0.717, 1.165) is 30.0 Å². The summed E-state index contributed by atoms with van der Waals surface area (Å²) < 4.78 is 7.66. The van der Waals surface area contributed by atoms with Gasteiger partial charge in [-0.25, -0.2) is 14.6 Å². The number of rotatable bonds is 4. The predicted octanol–water partition coefficient (Wildman–Crippen LogP) is 1.42. The summed E-state index contributed by atoms with van der Waals surface area (Å²) in [6.45, 7) is 4.13. The number of carbonyl (C=O) groups is 1. The van der Waals surface area contributed by atoms with E-state index in [-0.39, 0.29) is 12.0 Å². The van der Waals surface area contributed by atoms with Crippen LogP contribution in [0.15, 0.2) is 23.2 Å². The highest BCUT2D eigenvalue weighted by molar-refractivity contribution is 7.08. The summed E-state index contributed by atoms with van der Waals surface area (Å²) in [5, 5.41) is 12.4. The van der Waals surface area contributed by atoms with E-state index in [1.54, 1.807) is 11.0 Å². The molecule has 5 rings (SSSR count). The Morgan fingerprint density at radius 2 is 2.14 bits per heavy atom. The van der Waals surface area contributed by atoms with Gasteiger partial charge < -0.3 is 14.5 Å². The quantitative estimate of drug-likeness (QED) is 0.655. The molecule has 2 fully saturated rings. The summed E-state index contributed by atoms with van der Waals surface area (Å²) >= 11 is 1.53. The lowest BCUT2D eigenvalue weighted by molar-refractivity contribution is -0.0297. The Labute approximate surface area is 165 Å². The summed E-state index contributed by atoms with van der Waals surface area (Å²) in [6, 6.07) is 1.86. The number of hydrogen-bond donors (Lipinski definition) is 0. The van der Waals surface area contributed by atoms with Crippen LogP contribution in [-0.2, 0) is 11.3 Å². The molecule has 0 aromatic carbocycles. The van der Waals surface area contributed by atoms with Crippen LogP contribution in [0.2, 0.25) is 0 Å². The van der Waals surface area contributed by atoms with E-state index in [2.05, 4.69) is 25.2 Å². The third-order valence-electron chi connectivity index (χ3n) is 5.26. The molecule has 1 atom stereocenters. The average Bonchev–Trinajstić information content (AvgIpc) is 3.49. The molecule has 3 aromatic heterocycles. The number of nitrogens with zero attached hydrogens (tertiary/aromatic N) is 7. The molecule has 0 bridgehead atoms. The van der Waals surface area contributed by atoms with Crippen molar-refractivity contribution in [3.63, 3.8) is 0 Å². The van der Waals surface area contributed by atoms with E-state index in [1.807, 2.05) is 21.7 Å². The van der Waals surface area contributed by atoms with Gasteiger partial charge in [-0.05, 0) is 24.3 Å². The summed E-state index contributed by atoms with van der Waals surface area (Å²) in [4.78, 5) is 25.5. The van der Waals surface area contributed by atoms with Crippen molar-refractivity contribution in [1.29, 1.82) is 0 Å². The number of hydrogen-bond acceptors (Lipinski definition) is 8. The fourth-order valence-corrected chi connectivity index (χ4v) is 4.47. The van der Waals surface area contributed by atoms with Crippen molar-refractivity contribution in [2.45, 2.75) is 25.5 Å². The SMILES string of the molecule is O=C(c1ccsc1)N1CCOC(Cn2nnc3c(N4CCCC4)ncnc32)C1. The topological polar surface area (TPSA) is 89.3 Å². The Hall–Kier alpha value is -2.59. The smallest absolute Gasteiger partial charge is 0.254 e. The van der Waals surface area contributed by atoms with Gasteiger partial charge in [-0.15, -0.1) is 5.10 Å². The van der Waals surface area contributed by atoms with E-state index < -0.39 is 0 Å². The van der Waals surface area contributed by atoms with Gasteiger partial charge in [0.2, 0.25) is 0 Å². The molecule has 0 radical (unpaired) electrons. The maximum Gasteiger partial charge on any atom is 0.254 e. The van der Waals surface area contributed by atoms with Crippen LogP contribution in [0.4, 0.5) is 5.82 Å².